The van der Waals surface area contributed by atoms with Crippen LogP contribution in [0.2, 0.25) is 0 Å². The van der Waals surface area contributed by atoms with Crippen molar-refractivity contribution in [3.05, 3.63) is 47.2 Å². The smallest absolute Gasteiger partial charge is 0.309 e. The Kier molecular flexibility index (Phi) is 9.08. The minimum Gasteiger partial charge on any atom is -0.466 e. The number of carbonyl (C=O) groups is 2. The quantitative estimate of drug-likeness (QED) is 0.300. The molecule has 2 fully saturated rings. The zero-order chi connectivity index (χ0) is 26.4. The van der Waals surface area contributed by atoms with E-state index in [-0.39, 0.29) is 23.2 Å². The standard InChI is InChI=1S/C28H38N4O4S/c1-5-36-26(34)21-9-11-32(12-10-21)25(33)22-8-6-7-20(17-22)19-37-27-29-23(28(2,3)4)18-24(30-27)31-13-15-35-16-14-31/h6-8,17-18,21H,5,9-16,19H2,1-4H3. The molecule has 0 unspecified atom stereocenters. The Morgan fingerprint density at radius 2 is 1.81 bits per heavy atom. The average molecular weight is 527 g/mol. The predicted molar refractivity (Wildman–Crippen MR) is 145 cm³/mol. The van der Waals surface area contributed by atoms with Crippen molar-refractivity contribution in [3.8, 4) is 0 Å². The van der Waals surface area contributed by atoms with Gasteiger partial charge in [0.05, 0.1) is 31.4 Å². The van der Waals surface area contributed by atoms with Crippen molar-refractivity contribution in [1.29, 1.82) is 0 Å². The summed E-state index contributed by atoms with van der Waals surface area (Å²) in [5.41, 5.74) is 2.65. The molecular weight excluding hydrogens is 488 g/mol. The lowest BCUT2D eigenvalue weighted by Crippen LogP contribution is -2.40. The summed E-state index contributed by atoms with van der Waals surface area (Å²) in [6.07, 6.45) is 1.29. The predicted octanol–water partition coefficient (Wildman–Crippen LogP) is 4.32. The minimum atomic E-state index is -0.150. The van der Waals surface area contributed by atoms with E-state index in [0.29, 0.717) is 57.1 Å². The maximum Gasteiger partial charge on any atom is 0.309 e. The molecule has 4 rings (SSSR count). The number of morpholine rings is 1. The fraction of sp³-hybridized carbons (Fsp3) is 0.571. The first-order valence-electron chi connectivity index (χ1n) is 13.1. The first kappa shape index (κ1) is 27.4. The minimum absolute atomic E-state index is 0.00902. The van der Waals surface area contributed by atoms with Crippen LogP contribution in [-0.2, 0) is 25.4 Å². The molecule has 0 N–H and O–H groups in total. The highest BCUT2D eigenvalue weighted by Crippen LogP contribution is 2.29. The van der Waals surface area contributed by atoms with Crippen LogP contribution in [0.15, 0.2) is 35.5 Å². The Hall–Kier alpha value is -2.65. The lowest BCUT2D eigenvalue weighted by molar-refractivity contribution is -0.149. The van der Waals surface area contributed by atoms with Gasteiger partial charge in [0.15, 0.2) is 5.16 Å². The molecule has 2 aliphatic rings. The van der Waals surface area contributed by atoms with Crippen molar-refractivity contribution >= 4 is 29.5 Å². The van der Waals surface area contributed by atoms with E-state index in [4.69, 9.17) is 19.4 Å². The fourth-order valence-corrected chi connectivity index (χ4v) is 5.32. The second-order valence-corrected chi connectivity index (χ2v) is 11.5. The van der Waals surface area contributed by atoms with Crippen LogP contribution >= 0.6 is 11.8 Å². The monoisotopic (exact) mass is 526 g/mol. The van der Waals surface area contributed by atoms with Crippen LogP contribution in [-0.4, -0.2) is 72.7 Å². The van der Waals surface area contributed by atoms with Crippen LogP contribution in [0.3, 0.4) is 0 Å². The number of carbonyl (C=O) groups excluding carboxylic acids is 2. The van der Waals surface area contributed by atoms with Crippen LogP contribution in [0.4, 0.5) is 5.82 Å². The Morgan fingerprint density at radius 3 is 2.49 bits per heavy atom. The normalized spacial score (nSPS) is 17.1. The van der Waals surface area contributed by atoms with Crippen molar-refractivity contribution in [3.63, 3.8) is 0 Å². The van der Waals surface area contributed by atoms with Crippen LogP contribution in [0.5, 0.6) is 0 Å². The molecule has 37 heavy (non-hydrogen) atoms. The summed E-state index contributed by atoms with van der Waals surface area (Å²) in [5, 5.41) is 0.742. The number of nitrogens with zero attached hydrogens (tertiary/aromatic N) is 4. The lowest BCUT2D eigenvalue weighted by Gasteiger charge is -2.31. The van der Waals surface area contributed by atoms with Gasteiger partial charge in [-0.25, -0.2) is 9.97 Å². The molecule has 0 aliphatic carbocycles. The molecule has 2 aliphatic heterocycles. The maximum atomic E-state index is 13.2. The number of benzene rings is 1. The lowest BCUT2D eigenvalue weighted by atomic mass is 9.92. The Morgan fingerprint density at radius 1 is 1.08 bits per heavy atom. The summed E-state index contributed by atoms with van der Waals surface area (Å²) < 4.78 is 10.7. The van der Waals surface area contributed by atoms with E-state index in [1.165, 1.54) is 0 Å². The molecule has 1 aromatic carbocycles. The third-order valence-corrected chi connectivity index (χ3v) is 7.66. The molecule has 0 radical (unpaired) electrons. The van der Waals surface area contributed by atoms with Crippen molar-refractivity contribution < 1.29 is 19.1 Å². The molecular formula is C28H38N4O4S. The molecule has 2 saturated heterocycles. The maximum absolute atomic E-state index is 13.2. The highest BCUT2D eigenvalue weighted by atomic mass is 32.2. The van der Waals surface area contributed by atoms with E-state index in [1.54, 1.807) is 11.8 Å². The number of ether oxygens (including phenoxy) is 2. The fourth-order valence-electron chi connectivity index (χ4n) is 4.52. The number of anilines is 1. The topological polar surface area (TPSA) is 84.9 Å². The van der Waals surface area contributed by atoms with Gasteiger partial charge in [0.25, 0.3) is 5.91 Å². The zero-order valence-corrected chi connectivity index (χ0v) is 23.2. The molecule has 8 nitrogen and oxygen atoms in total. The van der Waals surface area contributed by atoms with Gasteiger partial charge in [-0.05, 0) is 37.5 Å². The number of amides is 1. The molecule has 0 atom stereocenters. The number of aromatic nitrogens is 2. The van der Waals surface area contributed by atoms with Gasteiger partial charge < -0.3 is 19.3 Å². The van der Waals surface area contributed by atoms with Gasteiger partial charge >= 0.3 is 5.97 Å². The number of hydrogen-bond acceptors (Lipinski definition) is 8. The number of thioether (sulfide) groups is 1. The van der Waals surface area contributed by atoms with Gasteiger partial charge in [0.1, 0.15) is 5.82 Å². The molecule has 3 heterocycles. The number of piperidine rings is 1. The highest BCUT2D eigenvalue weighted by Gasteiger charge is 2.29. The SMILES string of the molecule is CCOC(=O)C1CCN(C(=O)c2cccc(CSc3nc(N4CCOCC4)cc(C(C)(C)C)n3)c2)CC1. The zero-order valence-electron chi connectivity index (χ0n) is 22.4. The summed E-state index contributed by atoms with van der Waals surface area (Å²) >= 11 is 1.59. The van der Waals surface area contributed by atoms with Crippen molar-refractivity contribution in [1.82, 2.24) is 14.9 Å². The second kappa shape index (κ2) is 12.3. The van der Waals surface area contributed by atoms with Gasteiger partial charge in [0, 0.05) is 49.0 Å². The third-order valence-electron chi connectivity index (χ3n) is 6.74. The number of esters is 1. The van der Waals surface area contributed by atoms with Crippen LogP contribution in [0.1, 0.15) is 62.2 Å². The highest BCUT2D eigenvalue weighted by molar-refractivity contribution is 7.98. The number of likely N-dealkylation sites (tertiary alicyclic amines) is 1. The van der Waals surface area contributed by atoms with Crippen molar-refractivity contribution in [2.24, 2.45) is 5.92 Å². The van der Waals surface area contributed by atoms with E-state index in [2.05, 4.69) is 31.7 Å². The molecule has 0 spiro atoms. The van der Waals surface area contributed by atoms with Crippen LogP contribution in [0, 0.1) is 5.92 Å². The second-order valence-electron chi connectivity index (χ2n) is 10.6. The third kappa shape index (κ3) is 7.23. The van der Waals surface area contributed by atoms with Crippen molar-refractivity contribution in [2.75, 3.05) is 50.9 Å². The first-order valence-corrected chi connectivity index (χ1v) is 14.1. The van der Waals surface area contributed by atoms with Crippen LogP contribution < -0.4 is 4.90 Å². The first-order chi connectivity index (χ1) is 17.7. The molecule has 9 heteroatoms. The Bertz CT molecular complexity index is 1090. The van der Waals surface area contributed by atoms with Crippen LogP contribution in [0.25, 0.3) is 0 Å². The molecule has 0 saturated carbocycles. The van der Waals surface area contributed by atoms with Gasteiger partial charge in [-0.2, -0.15) is 0 Å². The molecule has 0 bridgehead atoms. The largest absolute Gasteiger partial charge is 0.466 e. The Balaban J connectivity index is 1.42. The average Bonchev–Trinajstić information content (AvgIpc) is 2.92. The van der Waals surface area contributed by atoms with E-state index in [1.807, 2.05) is 36.1 Å². The molecule has 2 aromatic rings. The van der Waals surface area contributed by atoms with Gasteiger partial charge in [-0.15, -0.1) is 0 Å². The summed E-state index contributed by atoms with van der Waals surface area (Å²) in [6, 6.07) is 9.89. The summed E-state index contributed by atoms with van der Waals surface area (Å²) in [7, 11) is 0. The van der Waals surface area contributed by atoms with Gasteiger partial charge in [0.2, 0.25) is 0 Å². The Labute approximate surface area is 224 Å². The molecule has 200 valence electrons. The van der Waals surface area contributed by atoms with Gasteiger partial charge in [-0.1, -0.05) is 44.7 Å². The summed E-state index contributed by atoms with van der Waals surface area (Å²) in [4.78, 5) is 39.0. The van der Waals surface area contributed by atoms with E-state index in [9.17, 15) is 9.59 Å². The van der Waals surface area contributed by atoms with Gasteiger partial charge in [-0.3, -0.25) is 9.59 Å². The van der Waals surface area contributed by atoms with Crippen molar-refractivity contribution in [2.45, 2.75) is 56.9 Å². The molecule has 1 amide bonds. The number of hydrogen-bond donors (Lipinski definition) is 0. The van der Waals surface area contributed by atoms with E-state index in [0.717, 1.165) is 35.3 Å². The summed E-state index contributed by atoms with van der Waals surface area (Å²) in [5.74, 6) is 1.36. The van der Waals surface area contributed by atoms with E-state index < -0.39 is 0 Å². The summed E-state index contributed by atoms with van der Waals surface area (Å²) in [6.45, 7) is 12.9. The number of rotatable bonds is 7. The van der Waals surface area contributed by atoms with E-state index >= 15 is 0 Å². The molecule has 1 aromatic heterocycles.